The lowest BCUT2D eigenvalue weighted by Gasteiger charge is -2.33. The van der Waals surface area contributed by atoms with Crippen molar-refractivity contribution in [2.24, 2.45) is 10.8 Å². The van der Waals surface area contributed by atoms with E-state index in [0.717, 1.165) is 24.0 Å². The number of ether oxygens (including phenoxy) is 2. The molecule has 238 valence electrons. The predicted octanol–water partition coefficient (Wildman–Crippen LogP) is 9.69. The van der Waals surface area contributed by atoms with Gasteiger partial charge in [0.25, 0.3) is 0 Å². The van der Waals surface area contributed by atoms with E-state index in [0.29, 0.717) is 24.6 Å². The molecule has 0 aliphatic rings. The van der Waals surface area contributed by atoms with Crippen molar-refractivity contribution in [1.82, 2.24) is 10.6 Å². The van der Waals surface area contributed by atoms with E-state index in [-0.39, 0.29) is 21.7 Å². The summed E-state index contributed by atoms with van der Waals surface area (Å²) in [6, 6.07) is 23.1. The molecule has 3 aromatic carbocycles. The van der Waals surface area contributed by atoms with Crippen molar-refractivity contribution >= 4 is 12.2 Å². The van der Waals surface area contributed by atoms with E-state index in [1.807, 2.05) is 72.8 Å². The van der Waals surface area contributed by atoms with Crippen LogP contribution in [0.3, 0.4) is 0 Å². The molecule has 0 heterocycles. The van der Waals surface area contributed by atoms with Crippen molar-refractivity contribution < 1.29 is 19.1 Å². The molecule has 6 nitrogen and oxygen atoms in total. The van der Waals surface area contributed by atoms with Crippen LogP contribution in [-0.4, -0.2) is 12.2 Å². The third-order valence-corrected chi connectivity index (χ3v) is 7.50. The van der Waals surface area contributed by atoms with Gasteiger partial charge in [0.05, 0.1) is 0 Å². The Balaban J connectivity index is 1.46. The summed E-state index contributed by atoms with van der Waals surface area (Å²) in [5.74, 6) is 0.995. The van der Waals surface area contributed by atoms with Crippen LogP contribution in [0.1, 0.15) is 104 Å². The second-order valence-corrected chi connectivity index (χ2v) is 15.6. The van der Waals surface area contributed by atoms with Crippen LogP contribution in [0.25, 0.3) is 0 Å². The van der Waals surface area contributed by atoms with Gasteiger partial charge in [0.15, 0.2) is 0 Å². The van der Waals surface area contributed by atoms with Crippen molar-refractivity contribution in [3.63, 3.8) is 0 Å². The first-order chi connectivity index (χ1) is 20.3. The van der Waals surface area contributed by atoms with Gasteiger partial charge in [-0.25, -0.2) is 9.59 Å². The SMILES string of the molecule is CC(C)(C)CC(C)(C)c1ccc(OC(=O)NCc2cccc(CNC(=O)Oc3ccc(C(C)(C)CC(C)(C)C)cc3)c2)cc1. The molecule has 44 heavy (non-hydrogen) atoms. The monoisotopic (exact) mass is 600 g/mol. The Bertz CT molecular complexity index is 1290. The number of benzene rings is 3. The average molecular weight is 601 g/mol. The van der Waals surface area contributed by atoms with Gasteiger partial charge in [-0.15, -0.1) is 0 Å². The molecule has 0 saturated carbocycles. The number of nitrogens with one attached hydrogen (secondary N) is 2. The maximum absolute atomic E-state index is 12.5. The number of rotatable bonds is 10. The zero-order valence-electron chi connectivity index (χ0n) is 28.4. The average Bonchev–Trinajstić information content (AvgIpc) is 2.89. The summed E-state index contributed by atoms with van der Waals surface area (Å²) in [6.07, 6.45) is 1.04. The number of amides is 2. The van der Waals surface area contributed by atoms with Crippen molar-refractivity contribution in [3.05, 3.63) is 95.1 Å². The molecule has 0 saturated heterocycles. The van der Waals surface area contributed by atoms with Crippen LogP contribution in [0, 0.1) is 10.8 Å². The molecular weight excluding hydrogens is 548 g/mol. The zero-order chi connectivity index (χ0) is 32.8. The van der Waals surface area contributed by atoms with E-state index in [9.17, 15) is 9.59 Å². The first-order valence-electron chi connectivity index (χ1n) is 15.5. The molecule has 0 radical (unpaired) electrons. The molecule has 6 heteroatoms. The normalized spacial score (nSPS) is 12.4. The van der Waals surface area contributed by atoms with Gasteiger partial charge in [-0.3, -0.25) is 0 Å². The predicted molar refractivity (Wildman–Crippen MR) is 179 cm³/mol. The highest BCUT2D eigenvalue weighted by Gasteiger charge is 2.28. The second kappa shape index (κ2) is 13.9. The van der Waals surface area contributed by atoms with E-state index in [4.69, 9.17) is 9.47 Å². The zero-order valence-corrected chi connectivity index (χ0v) is 28.4. The minimum absolute atomic E-state index is 0.0183. The Kier molecular flexibility index (Phi) is 10.9. The van der Waals surface area contributed by atoms with Crippen LogP contribution < -0.4 is 20.1 Å². The standard InChI is InChI=1S/C38H52N2O4/c1-35(2,3)25-37(7,8)29-14-18-31(19-15-29)43-33(41)39-23-27-12-11-13-28(22-27)24-40-34(42)44-32-20-16-30(17-21-32)38(9,10)26-36(4,5)6/h11-22H,23-26H2,1-10H3,(H,39,41)(H,40,42). The largest absolute Gasteiger partial charge is 0.412 e. The minimum atomic E-state index is -0.522. The Labute approximate surface area is 264 Å². The van der Waals surface area contributed by atoms with Gasteiger partial charge in [0.2, 0.25) is 0 Å². The van der Waals surface area contributed by atoms with Crippen LogP contribution in [0.4, 0.5) is 9.59 Å². The molecule has 0 atom stereocenters. The van der Waals surface area contributed by atoms with Crippen LogP contribution in [0.2, 0.25) is 0 Å². The lowest BCUT2D eigenvalue weighted by atomic mass is 9.72. The minimum Gasteiger partial charge on any atom is -0.410 e. The second-order valence-electron chi connectivity index (χ2n) is 15.6. The lowest BCUT2D eigenvalue weighted by Crippen LogP contribution is -2.27. The highest BCUT2D eigenvalue weighted by atomic mass is 16.6. The molecule has 0 spiro atoms. The Morgan fingerprint density at radius 2 is 0.886 bits per heavy atom. The third kappa shape index (κ3) is 11.4. The molecule has 2 amide bonds. The first-order valence-corrected chi connectivity index (χ1v) is 15.5. The maximum Gasteiger partial charge on any atom is 0.412 e. The van der Waals surface area contributed by atoms with E-state index in [1.165, 1.54) is 11.1 Å². The summed E-state index contributed by atoms with van der Waals surface area (Å²) in [5, 5.41) is 5.60. The van der Waals surface area contributed by atoms with Gasteiger partial charge >= 0.3 is 12.2 Å². The fourth-order valence-corrected chi connectivity index (χ4v) is 6.29. The molecule has 0 aliphatic heterocycles. The van der Waals surface area contributed by atoms with Gasteiger partial charge in [-0.2, -0.15) is 0 Å². The van der Waals surface area contributed by atoms with Gasteiger partial charge in [-0.1, -0.05) is 118 Å². The highest BCUT2D eigenvalue weighted by Crippen LogP contribution is 2.37. The van der Waals surface area contributed by atoms with E-state index < -0.39 is 12.2 Å². The van der Waals surface area contributed by atoms with Gasteiger partial charge in [0, 0.05) is 13.1 Å². The van der Waals surface area contributed by atoms with Crippen molar-refractivity contribution in [3.8, 4) is 11.5 Å². The summed E-state index contributed by atoms with van der Waals surface area (Å²) in [5.41, 5.74) is 4.67. The van der Waals surface area contributed by atoms with Gasteiger partial charge in [0.1, 0.15) is 11.5 Å². The topological polar surface area (TPSA) is 76.7 Å². The van der Waals surface area contributed by atoms with E-state index in [2.05, 4.69) is 79.9 Å². The van der Waals surface area contributed by atoms with Crippen molar-refractivity contribution in [2.45, 2.75) is 106 Å². The number of carbonyl (C=O) groups is 2. The maximum atomic E-state index is 12.5. The lowest BCUT2D eigenvalue weighted by molar-refractivity contribution is 0.199. The van der Waals surface area contributed by atoms with Crippen LogP contribution in [0.15, 0.2) is 72.8 Å². The third-order valence-electron chi connectivity index (χ3n) is 7.50. The van der Waals surface area contributed by atoms with E-state index in [1.54, 1.807) is 0 Å². The molecule has 0 bridgehead atoms. The molecule has 0 aliphatic carbocycles. The molecule has 0 fully saturated rings. The first kappa shape index (κ1) is 34.7. The van der Waals surface area contributed by atoms with Gasteiger partial charge < -0.3 is 20.1 Å². The van der Waals surface area contributed by atoms with Crippen molar-refractivity contribution in [2.75, 3.05) is 0 Å². The molecule has 2 N–H and O–H groups in total. The summed E-state index contributed by atoms with van der Waals surface area (Å²) < 4.78 is 11.0. The summed E-state index contributed by atoms with van der Waals surface area (Å²) in [6.45, 7) is 23.0. The fourth-order valence-electron chi connectivity index (χ4n) is 6.29. The number of hydrogen-bond donors (Lipinski definition) is 2. The molecule has 3 rings (SSSR count). The Morgan fingerprint density at radius 3 is 1.20 bits per heavy atom. The molecular formula is C38H52N2O4. The van der Waals surface area contributed by atoms with Gasteiger partial charge in [-0.05, 0) is 81.0 Å². The Hall–Kier alpha value is -3.80. The quantitative estimate of drug-likeness (QED) is 0.243. The highest BCUT2D eigenvalue weighted by molar-refractivity contribution is 5.71. The van der Waals surface area contributed by atoms with Crippen molar-refractivity contribution in [1.29, 1.82) is 0 Å². The van der Waals surface area contributed by atoms with Crippen LogP contribution in [0.5, 0.6) is 11.5 Å². The summed E-state index contributed by atoms with van der Waals surface area (Å²) >= 11 is 0. The fraction of sp³-hybridized carbons (Fsp3) is 0.474. The summed E-state index contributed by atoms with van der Waals surface area (Å²) in [7, 11) is 0. The molecule has 0 unspecified atom stereocenters. The van der Waals surface area contributed by atoms with E-state index >= 15 is 0 Å². The molecule has 0 aromatic heterocycles. The number of carbonyl (C=O) groups excluding carboxylic acids is 2. The number of hydrogen-bond acceptors (Lipinski definition) is 4. The Morgan fingerprint density at radius 1 is 0.545 bits per heavy atom. The van der Waals surface area contributed by atoms with Crippen LogP contribution in [-0.2, 0) is 23.9 Å². The summed E-state index contributed by atoms with van der Waals surface area (Å²) in [4.78, 5) is 24.9. The molecule has 3 aromatic rings. The smallest absolute Gasteiger partial charge is 0.410 e. The van der Waals surface area contributed by atoms with Crippen LogP contribution >= 0.6 is 0 Å².